The monoisotopic (exact) mass is 856 g/mol. The predicted molar refractivity (Wildman–Crippen MR) is 278 cm³/mol. The highest BCUT2D eigenvalue weighted by Gasteiger charge is 2.49. The first kappa shape index (κ1) is 42.0. The Morgan fingerprint density at radius 2 is 1.23 bits per heavy atom. The van der Waals surface area contributed by atoms with Crippen molar-refractivity contribution < 1.29 is 4.42 Å². The van der Waals surface area contributed by atoms with Crippen molar-refractivity contribution in [1.29, 1.82) is 0 Å². The van der Waals surface area contributed by atoms with Gasteiger partial charge in [0.2, 0.25) is 0 Å². The lowest BCUT2D eigenvalue weighted by molar-refractivity contribution is 0.436. The molecule has 0 spiro atoms. The van der Waals surface area contributed by atoms with Crippen molar-refractivity contribution >= 4 is 79.6 Å². The molecular formula is C60H66BN3O. The Morgan fingerprint density at radius 1 is 0.569 bits per heavy atom. The van der Waals surface area contributed by atoms with Crippen LogP contribution in [0.2, 0.25) is 0 Å². The first-order valence-corrected chi connectivity index (χ1v) is 24.7. The molecule has 2 aliphatic carbocycles. The van der Waals surface area contributed by atoms with Gasteiger partial charge in [0.25, 0.3) is 6.71 Å². The highest BCUT2D eigenvalue weighted by atomic mass is 16.3. The molecule has 11 rings (SSSR count). The van der Waals surface area contributed by atoms with Crippen LogP contribution in [0, 0.1) is 0 Å². The molecule has 4 aliphatic rings. The summed E-state index contributed by atoms with van der Waals surface area (Å²) >= 11 is 0. The number of benzene rings is 6. The summed E-state index contributed by atoms with van der Waals surface area (Å²) in [6.45, 7) is 21.1. The summed E-state index contributed by atoms with van der Waals surface area (Å²) in [5.41, 5.74) is 19.4. The van der Waals surface area contributed by atoms with Crippen LogP contribution in [0.3, 0.4) is 0 Å². The standard InChI is InChI=1S/C60H66BN3O/c1-58(2,3)39-28-30-43(31-29-39)62(50-35-33-48(60(7,8)9)45-24-16-17-25-46(45)50)44-32-34-49-51(38-44)63(41-20-12-10-13-21-41)52-36-40(59(4,5)6)37-53-55(52)61(49)57-56(47-26-18-19-27-54(47)65-57)64(53)42-22-14-11-15-23-42/h11,14-17,22-25,28-38,41H,10,12-13,18-21,26-27H2,1-9H3. The van der Waals surface area contributed by atoms with Crippen molar-refractivity contribution in [3.63, 3.8) is 0 Å². The minimum atomic E-state index is -0.0594. The average molecular weight is 856 g/mol. The molecule has 2 aliphatic heterocycles. The van der Waals surface area contributed by atoms with Gasteiger partial charge >= 0.3 is 0 Å². The van der Waals surface area contributed by atoms with Crippen molar-refractivity contribution in [3.05, 3.63) is 149 Å². The number of fused-ring (bicyclic) bond motifs is 7. The second-order valence-electron chi connectivity index (χ2n) is 22.7. The van der Waals surface area contributed by atoms with Gasteiger partial charge in [0.15, 0.2) is 0 Å². The van der Waals surface area contributed by atoms with E-state index in [2.05, 4.69) is 198 Å². The predicted octanol–water partition coefficient (Wildman–Crippen LogP) is 14.8. The molecule has 0 amide bonds. The molecule has 0 bridgehead atoms. The maximum atomic E-state index is 7.34. The smallest absolute Gasteiger partial charge is 0.297 e. The van der Waals surface area contributed by atoms with Crippen LogP contribution in [0.5, 0.6) is 0 Å². The molecule has 6 aromatic carbocycles. The van der Waals surface area contributed by atoms with Gasteiger partial charge in [-0.3, -0.25) is 0 Å². The van der Waals surface area contributed by atoms with E-state index >= 15 is 0 Å². The summed E-state index contributed by atoms with van der Waals surface area (Å²) in [5.74, 6) is 1.19. The third-order valence-corrected chi connectivity index (χ3v) is 15.2. The summed E-state index contributed by atoms with van der Waals surface area (Å²) in [5, 5.41) is 2.58. The van der Waals surface area contributed by atoms with Gasteiger partial charge in [0.1, 0.15) is 5.76 Å². The molecule has 7 aromatic rings. The Balaban J connectivity index is 1.20. The van der Waals surface area contributed by atoms with Gasteiger partial charge in [-0.05, 0) is 136 Å². The normalized spacial score (nSPS) is 16.3. The fourth-order valence-corrected chi connectivity index (χ4v) is 11.8. The fourth-order valence-electron chi connectivity index (χ4n) is 11.8. The van der Waals surface area contributed by atoms with Gasteiger partial charge in [-0.1, -0.05) is 148 Å². The number of furan rings is 1. The number of para-hydroxylation sites is 1. The van der Waals surface area contributed by atoms with E-state index in [-0.39, 0.29) is 23.0 Å². The van der Waals surface area contributed by atoms with E-state index in [9.17, 15) is 0 Å². The highest BCUT2D eigenvalue weighted by molar-refractivity contribution is 6.99. The largest absolute Gasteiger partial charge is 0.473 e. The number of anilines is 8. The average Bonchev–Trinajstić information content (AvgIpc) is 3.68. The van der Waals surface area contributed by atoms with Crippen LogP contribution in [0.1, 0.15) is 135 Å². The molecule has 330 valence electrons. The lowest BCUT2D eigenvalue weighted by Crippen LogP contribution is -2.62. The van der Waals surface area contributed by atoms with Crippen LogP contribution in [-0.2, 0) is 29.1 Å². The van der Waals surface area contributed by atoms with E-state index in [0.717, 1.165) is 18.5 Å². The van der Waals surface area contributed by atoms with Crippen molar-refractivity contribution in [3.8, 4) is 0 Å². The molecule has 0 saturated heterocycles. The van der Waals surface area contributed by atoms with Gasteiger partial charge in [-0.2, -0.15) is 0 Å². The third kappa shape index (κ3) is 7.02. The van der Waals surface area contributed by atoms with E-state index in [4.69, 9.17) is 4.42 Å². The van der Waals surface area contributed by atoms with Crippen molar-refractivity contribution in [1.82, 2.24) is 0 Å². The molecule has 5 heteroatoms. The molecule has 0 radical (unpaired) electrons. The highest BCUT2D eigenvalue weighted by Crippen LogP contribution is 2.50. The topological polar surface area (TPSA) is 22.9 Å². The van der Waals surface area contributed by atoms with Gasteiger partial charge in [-0.15, -0.1) is 0 Å². The molecule has 0 N–H and O–H groups in total. The van der Waals surface area contributed by atoms with Crippen LogP contribution < -0.4 is 31.3 Å². The lowest BCUT2D eigenvalue weighted by Gasteiger charge is -2.47. The number of hydrogen-bond acceptors (Lipinski definition) is 4. The number of aryl methyl sites for hydroxylation is 1. The van der Waals surface area contributed by atoms with Gasteiger partial charge in [0.05, 0.1) is 17.0 Å². The lowest BCUT2D eigenvalue weighted by atomic mass is 9.35. The van der Waals surface area contributed by atoms with Gasteiger partial charge in [-0.25, -0.2) is 0 Å². The zero-order valence-corrected chi connectivity index (χ0v) is 40.3. The fraction of sp³-hybridized carbons (Fsp3) is 0.367. The Kier molecular flexibility index (Phi) is 9.99. The van der Waals surface area contributed by atoms with Crippen molar-refractivity contribution in [2.24, 2.45) is 0 Å². The van der Waals surface area contributed by atoms with Gasteiger partial charge in [0, 0.05) is 57.5 Å². The summed E-state index contributed by atoms with van der Waals surface area (Å²) in [7, 11) is 0. The molecular weight excluding hydrogens is 789 g/mol. The van der Waals surface area contributed by atoms with Crippen molar-refractivity contribution in [2.75, 3.05) is 14.7 Å². The second kappa shape index (κ2) is 15.5. The van der Waals surface area contributed by atoms with E-state index < -0.39 is 0 Å². The summed E-state index contributed by atoms with van der Waals surface area (Å²) < 4.78 is 7.34. The van der Waals surface area contributed by atoms with E-state index in [0.29, 0.717) is 6.04 Å². The van der Waals surface area contributed by atoms with Crippen molar-refractivity contribution in [2.45, 2.75) is 142 Å². The van der Waals surface area contributed by atoms with E-state index in [1.165, 1.54) is 140 Å². The molecule has 0 atom stereocenters. The number of rotatable bonds is 5. The van der Waals surface area contributed by atoms with Crippen LogP contribution in [0.25, 0.3) is 10.8 Å². The van der Waals surface area contributed by atoms with E-state index in [1.807, 2.05) is 0 Å². The Morgan fingerprint density at radius 3 is 1.94 bits per heavy atom. The molecule has 0 unspecified atom stereocenters. The molecule has 1 aromatic heterocycles. The quantitative estimate of drug-likeness (QED) is 0.161. The van der Waals surface area contributed by atoms with Gasteiger partial charge < -0.3 is 19.1 Å². The third-order valence-electron chi connectivity index (χ3n) is 15.2. The molecule has 1 saturated carbocycles. The minimum Gasteiger partial charge on any atom is -0.473 e. The second-order valence-corrected chi connectivity index (χ2v) is 22.7. The Bertz CT molecular complexity index is 2940. The summed E-state index contributed by atoms with van der Waals surface area (Å²) in [6, 6.07) is 47.3. The van der Waals surface area contributed by atoms with Crippen LogP contribution >= 0.6 is 0 Å². The Hall–Kier alpha value is -5.68. The maximum absolute atomic E-state index is 7.34. The van der Waals surface area contributed by atoms with Crippen LogP contribution in [-0.4, -0.2) is 12.8 Å². The molecule has 1 fully saturated rings. The first-order chi connectivity index (χ1) is 31.2. The maximum Gasteiger partial charge on any atom is 0.297 e. The van der Waals surface area contributed by atoms with E-state index in [1.54, 1.807) is 0 Å². The molecule has 4 nitrogen and oxygen atoms in total. The molecule has 65 heavy (non-hydrogen) atoms. The summed E-state index contributed by atoms with van der Waals surface area (Å²) in [6.07, 6.45) is 10.6. The minimum absolute atomic E-state index is 0.00179. The molecule has 3 heterocycles. The first-order valence-electron chi connectivity index (χ1n) is 24.7. The van der Waals surface area contributed by atoms with Crippen LogP contribution in [0.15, 0.2) is 126 Å². The number of hydrogen-bond donors (Lipinski definition) is 0. The summed E-state index contributed by atoms with van der Waals surface area (Å²) in [4.78, 5) is 7.96. The zero-order valence-electron chi connectivity index (χ0n) is 40.3. The zero-order chi connectivity index (χ0) is 45.0. The van der Waals surface area contributed by atoms with Crippen LogP contribution in [0.4, 0.5) is 45.5 Å². The Labute approximate surface area is 388 Å². The SMILES string of the molecule is CC(C)(C)c1ccc(N(c2ccc3c(c2)N(C2CCCCC2)c2cc(C(C)(C)C)cc4c2B3c2oc3c(c2N4c2ccccc2)CCCC3)c2ccc(C(C)(C)C)c3ccccc23)cc1. The number of nitrogens with zero attached hydrogens (tertiary/aromatic N) is 3.